The summed E-state index contributed by atoms with van der Waals surface area (Å²) in [6.07, 6.45) is 2.41. The Kier molecular flexibility index (Phi) is 5.58. The standard InChI is InChI=1S/C19H18N6O/c1-26-16-8-6-14(7-9-16)10-11-21-18-13-22-25-19(24-18)23-17-5-3-2-4-15(17)12-20/h2-9,13H,10-11H2,1H3,(H2,21,23,24,25). The van der Waals surface area contributed by atoms with Gasteiger partial charge in [-0.25, -0.2) is 0 Å². The zero-order valence-corrected chi connectivity index (χ0v) is 14.3. The van der Waals surface area contributed by atoms with Crippen molar-refractivity contribution in [2.45, 2.75) is 6.42 Å². The molecule has 7 heteroatoms. The second kappa shape index (κ2) is 8.44. The Hall–Kier alpha value is -3.66. The molecule has 2 aromatic carbocycles. The lowest BCUT2D eigenvalue weighted by molar-refractivity contribution is 0.414. The van der Waals surface area contributed by atoms with E-state index >= 15 is 0 Å². The molecular weight excluding hydrogens is 328 g/mol. The molecule has 0 unspecified atom stereocenters. The summed E-state index contributed by atoms with van der Waals surface area (Å²) in [7, 11) is 1.65. The lowest BCUT2D eigenvalue weighted by atomic mass is 10.1. The second-order valence-corrected chi connectivity index (χ2v) is 5.47. The minimum absolute atomic E-state index is 0.335. The minimum Gasteiger partial charge on any atom is -0.497 e. The largest absolute Gasteiger partial charge is 0.497 e. The molecular formula is C19H18N6O. The van der Waals surface area contributed by atoms with Crippen molar-refractivity contribution in [3.63, 3.8) is 0 Å². The van der Waals surface area contributed by atoms with Gasteiger partial charge in [-0.05, 0) is 36.2 Å². The first-order valence-electron chi connectivity index (χ1n) is 8.11. The first kappa shape index (κ1) is 17.2. The summed E-state index contributed by atoms with van der Waals surface area (Å²) in [5.41, 5.74) is 2.36. The molecule has 7 nitrogen and oxygen atoms in total. The number of nitrogens with one attached hydrogen (secondary N) is 2. The van der Waals surface area contributed by atoms with Crippen LogP contribution >= 0.6 is 0 Å². The Balaban J connectivity index is 1.59. The van der Waals surface area contributed by atoms with Crippen LogP contribution in [0.4, 0.5) is 17.5 Å². The van der Waals surface area contributed by atoms with Crippen molar-refractivity contribution in [3.05, 3.63) is 65.9 Å². The molecule has 1 aromatic heterocycles. The van der Waals surface area contributed by atoms with Crippen molar-refractivity contribution in [1.29, 1.82) is 5.26 Å². The van der Waals surface area contributed by atoms with Crippen molar-refractivity contribution < 1.29 is 4.74 Å². The van der Waals surface area contributed by atoms with Crippen LogP contribution in [0.1, 0.15) is 11.1 Å². The maximum Gasteiger partial charge on any atom is 0.249 e. The first-order chi connectivity index (χ1) is 12.8. The van der Waals surface area contributed by atoms with Crippen LogP contribution in [-0.4, -0.2) is 28.8 Å². The summed E-state index contributed by atoms with van der Waals surface area (Å²) in [4.78, 5) is 4.38. The molecule has 0 aliphatic heterocycles. The SMILES string of the molecule is COc1ccc(CCNc2cnnc(Nc3ccccc3C#N)n2)cc1. The Morgan fingerprint density at radius 1 is 1.12 bits per heavy atom. The molecule has 130 valence electrons. The molecule has 3 aromatic rings. The predicted octanol–water partition coefficient (Wildman–Crippen LogP) is 3.15. The average molecular weight is 346 g/mol. The van der Waals surface area contributed by atoms with E-state index in [2.05, 4.69) is 31.9 Å². The normalized spacial score (nSPS) is 10.0. The van der Waals surface area contributed by atoms with Gasteiger partial charge in [-0.1, -0.05) is 24.3 Å². The number of hydrogen-bond donors (Lipinski definition) is 2. The fourth-order valence-corrected chi connectivity index (χ4v) is 2.38. The summed E-state index contributed by atoms with van der Waals surface area (Å²) in [6, 6.07) is 17.2. The maximum absolute atomic E-state index is 9.14. The predicted molar refractivity (Wildman–Crippen MR) is 99.5 cm³/mol. The van der Waals surface area contributed by atoms with Gasteiger partial charge >= 0.3 is 0 Å². The van der Waals surface area contributed by atoms with Gasteiger partial charge < -0.3 is 15.4 Å². The lowest BCUT2D eigenvalue weighted by Gasteiger charge is -2.09. The van der Waals surface area contributed by atoms with E-state index in [0.29, 0.717) is 29.6 Å². The minimum atomic E-state index is 0.335. The summed E-state index contributed by atoms with van der Waals surface area (Å²) in [5.74, 6) is 1.79. The third kappa shape index (κ3) is 4.45. The van der Waals surface area contributed by atoms with Gasteiger partial charge in [0.05, 0.1) is 24.6 Å². The molecule has 0 radical (unpaired) electrons. The third-order valence-electron chi connectivity index (χ3n) is 3.73. The molecule has 0 aliphatic carbocycles. The van der Waals surface area contributed by atoms with E-state index in [1.807, 2.05) is 30.3 Å². The molecule has 0 spiro atoms. The van der Waals surface area contributed by atoms with Crippen LogP contribution in [0.15, 0.2) is 54.7 Å². The third-order valence-corrected chi connectivity index (χ3v) is 3.73. The summed E-state index contributed by atoms with van der Waals surface area (Å²) in [6.45, 7) is 0.708. The monoisotopic (exact) mass is 346 g/mol. The fraction of sp³-hybridized carbons (Fsp3) is 0.158. The number of ether oxygens (including phenoxy) is 1. The van der Waals surface area contributed by atoms with Gasteiger partial charge in [-0.3, -0.25) is 0 Å². The molecule has 0 saturated heterocycles. The number of anilines is 3. The number of nitriles is 1. The summed E-state index contributed by atoms with van der Waals surface area (Å²) in [5, 5.41) is 23.3. The van der Waals surface area contributed by atoms with E-state index in [1.54, 1.807) is 31.5 Å². The van der Waals surface area contributed by atoms with Gasteiger partial charge in [0.2, 0.25) is 5.95 Å². The molecule has 3 rings (SSSR count). The Bertz CT molecular complexity index is 904. The fourth-order valence-electron chi connectivity index (χ4n) is 2.38. The molecule has 0 aliphatic rings. The number of benzene rings is 2. The van der Waals surface area contributed by atoms with E-state index in [4.69, 9.17) is 10.00 Å². The van der Waals surface area contributed by atoms with E-state index in [1.165, 1.54) is 5.56 Å². The van der Waals surface area contributed by atoms with Crippen molar-refractivity contribution >= 4 is 17.5 Å². The summed E-state index contributed by atoms with van der Waals surface area (Å²) < 4.78 is 5.15. The molecule has 26 heavy (non-hydrogen) atoms. The van der Waals surface area contributed by atoms with Crippen LogP contribution in [0, 0.1) is 11.3 Å². The van der Waals surface area contributed by atoms with Crippen LogP contribution in [0.25, 0.3) is 0 Å². The van der Waals surface area contributed by atoms with Gasteiger partial charge in [0.1, 0.15) is 11.8 Å². The number of rotatable bonds is 7. The maximum atomic E-state index is 9.14. The van der Waals surface area contributed by atoms with Crippen molar-refractivity contribution in [2.75, 3.05) is 24.3 Å². The molecule has 0 amide bonds. The zero-order chi connectivity index (χ0) is 18.2. The summed E-state index contributed by atoms with van der Waals surface area (Å²) >= 11 is 0. The lowest BCUT2D eigenvalue weighted by Crippen LogP contribution is -2.09. The van der Waals surface area contributed by atoms with Gasteiger partial charge in [0, 0.05) is 6.54 Å². The highest BCUT2D eigenvalue weighted by atomic mass is 16.5. The van der Waals surface area contributed by atoms with Crippen LogP contribution in [0.5, 0.6) is 5.75 Å². The van der Waals surface area contributed by atoms with Gasteiger partial charge in [0.15, 0.2) is 5.82 Å². The quantitative estimate of drug-likeness (QED) is 0.678. The number of para-hydroxylation sites is 1. The van der Waals surface area contributed by atoms with Gasteiger partial charge in [-0.2, -0.15) is 15.3 Å². The van der Waals surface area contributed by atoms with Crippen molar-refractivity contribution in [1.82, 2.24) is 15.2 Å². The Labute approximate surface area is 151 Å². The molecule has 0 saturated carbocycles. The number of hydrogen-bond acceptors (Lipinski definition) is 7. The van der Waals surface area contributed by atoms with Gasteiger partial charge in [0.25, 0.3) is 0 Å². The van der Waals surface area contributed by atoms with Crippen LogP contribution in [0.2, 0.25) is 0 Å². The zero-order valence-electron chi connectivity index (χ0n) is 14.3. The van der Waals surface area contributed by atoms with Gasteiger partial charge in [-0.15, -0.1) is 5.10 Å². The van der Waals surface area contributed by atoms with Crippen LogP contribution < -0.4 is 15.4 Å². The molecule has 1 heterocycles. The molecule has 0 fully saturated rings. The van der Waals surface area contributed by atoms with Crippen LogP contribution in [-0.2, 0) is 6.42 Å². The van der Waals surface area contributed by atoms with Crippen molar-refractivity contribution in [2.24, 2.45) is 0 Å². The number of aromatic nitrogens is 3. The Morgan fingerprint density at radius 2 is 1.92 bits per heavy atom. The molecule has 0 bridgehead atoms. The van der Waals surface area contributed by atoms with E-state index in [9.17, 15) is 0 Å². The van der Waals surface area contributed by atoms with E-state index in [-0.39, 0.29) is 0 Å². The van der Waals surface area contributed by atoms with E-state index in [0.717, 1.165) is 12.2 Å². The van der Waals surface area contributed by atoms with Crippen LogP contribution in [0.3, 0.4) is 0 Å². The number of nitrogens with zero attached hydrogens (tertiary/aromatic N) is 4. The smallest absolute Gasteiger partial charge is 0.249 e. The average Bonchev–Trinajstić information content (AvgIpc) is 2.69. The number of methoxy groups -OCH3 is 1. The first-order valence-corrected chi connectivity index (χ1v) is 8.11. The molecule has 2 N–H and O–H groups in total. The highest BCUT2D eigenvalue weighted by Crippen LogP contribution is 2.18. The highest BCUT2D eigenvalue weighted by molar-refractivity contribution is 5.63. The van der Waals surface area contributed by atoms with E-state index < -0.39 is 0 Å². The van der Waals surface area contributed by atoms with Crippen molar-refractivity contribution in [3.8, 4) is 11.8 Å². The highest BCUT2D eigenvalue weighted by Gasteiger charge is 2.05. The topological polar surface area (TPSA) is 95.8 Å². The molecule has 0 atom stereocenters. The second-order valence-electron chi connectivity index (χ2n) is 5.47. The Morgan fingerprint density at radius 3 is 2.69 bits per heavy atom.